The van der Waals surface area contributed by atoms with Crippen LogP contribution in [0.25, 0.3) is 0 Å². The number of nitrogens with one attached hydrogen (secondary N) is 1. The molecule has 0 aliphatic carbocycles. The van der Waals surface area contributed by atoms with Crippen molar-refractivity contribution in [3.05, 3.63) is 18.3 Å². The average molecular weight is 319 g/mol. The van der Waals surface area contributed by atoms with Gasteiger partial charge in [-0.2, -0.15) is 0 Å². The third kappa shape index (κ3) is 3.87. The summed E-state index contributed by atoms with van der Waals surface area (Å²) in [7, 11) is -0.320. The number of hydrogen-bond donors (Lipinski definition) is 1. The van der Waals surface area contributed by atoms with Crippen molar-refractivity contribution in [1.82, 2.24) is 10.3 Å². The Labute approximate surface area is 140 Å². The smallest absolute Gasteiger partial charge is 0.399 e. The Balaban J connectivity index is 0.000000924. The van der Waals surface area contributed by atoms with Crippen molar-refractivity contribution in [2.45, 2.75) is 52.7 Å². The van der Waals surface area contributed by atoms with Gasteiger partial charge in [0.15, 0.2) is 0 Å². The van der Waals surface area contributed by atoms with Gasteiger partial charge in [0.1, 0.15) is 5.82 Å². The fourth-order valence-corrected chi connectivity index (χ4v) is 2.63. The van der Waals surface area contributed by atoms with E-state index < -0.39 is 0 Å². The van der Waals surface area contributed by atoms with Crippen molar-refractivity contribution >= 4 is 18.4 Å². The molecule has 1 N–H and O–H groups in total. The van der Waals surface area contributed by atoms with Crippen LogP contribution in [-0.2, 0) is 9.31 Å². The Morgan fingerprint density at radius 1 is 1.09 bits per heavy atom. The predicted octanol–water partition coefficient (Wildman–Crippen LogP) is 1.82. The van der Waals surface area contributed by atoms with Gasteiger partial charge >= 0.3 is 7.12 Å². The van der Waals surface area contributed by atoms with E-state index in [-0.39, 0.29) is 18.3 Å². The van der Waals surface area contributed by atoms with Crippen molar-refractivity contribution in [2.75, 3.05) is 31.1 Å². The summed E-state index contributed by atoms with van der Waals surface area (Å²) in [5, 5.41) is 3.36. The molecule has 6 heteroatoms. The second kappa shape index (κ2) is 7.20. The van der Waals surface area contributed by atoms with Gasteiger partial charge in [-0.05, 0) is 45.3 Å². The van der Waals surface area contributed by atoms with Gasteiger partial charge in [-0.1, -0.05) is 13.8 Å². The highest BCUT2D eigenvalue weighted by molar-refractivity contribution is 6.62. The van der Waals surface area contributed by atoms with Gasteiger partial charge in [0.2, 0.25) is 0 Å². The number of anilines is 1. The molecule has 1 aromatic rings. The van der Waals surface area contributed by atoms with Crippen LogP contribution >= 0.6 is 0 Å². The number of hydrogen-bond acceptors (Lipinski definition) is 5. The van der Waals surface area contributed by atoms with Gasteiger partial charge in [0.25, 0.3) is 0 Å². The van der Waals surface area contributed by atoms with Crippen molar-refractivity contribution in [2.24, 2.45) is 0 Å². The SMILES string of the molecule is CC.CC1(C)OB(c2ccnc(N3CCNCC3)c2)OC1(C)C. The van der Waals surface area contributed by atoms with E-state index >= 15 is 0 Å². The molecule has 2 saturated heterocycles. The largest absolute Gasteiger partial charge is 0.495 e. The molecule has 5 nitrogen and oxygen atoms in total. The van der Waals surface area contributed by atoms with Gasteiger partial charge in [-0.25, -0.2) is 4.98 Å². The number of rotatable bonds is 2. The lowest BCUT2D eigenvalue weighted by Crippen LogP contribution is -2.44. The van der Waals surface area contributed by atoms with Crippen LogP contribution < -0.4 is 15.7 Å². The van der Waals surface area contributed by atoms with Crippen LogP contribution in [0.2, 0.25) is 0 Å². The molecule has 3 rings (SSSR count). The van der Waals surface area contributed by atoms with Crippen molar-refractivity contribution < 1.29 is 9.31 Å². The Morgan fingerprint density at radius 2 is 1.65 bits per heavy atom. The summed E-state index contributed by atoms with van der Waals surface area (Å²) in [5.41, 5.74) is 0.420. The molecule has 0 radical (unpaired) electrons. The summed E-state index contributed by atoms with van der Waals surface area (Å²) in [6.45, 7) is 16.3. The number of pyridine rings is 1. The third-order valence-corrected chi connectivity index (χ3v) is 4.74. The lowest BCUT2D eigenvalue weighted by Gasteiger charge is -2.32. The zero-order valence-electron chi connectivity index (χ0n) is 15.3. The lowest BCUT2D eigenvalue weighted by atomic mass is 9.79. The van der Waals surface area contributed by atoms with E-state index in [1.165, 1.54) is 0 Å². The Hall–Kier alpha value is -1.11. The molecular formula is C17H30BN3O2. The molecular weight excluding hydrogens is 289 g/mol. The minimum absolute atomic E-state index is 0.309. The maximum absolute atomic E-state index is 6.11. The van der Waals surface area contributed by atoms with E-state index in [0.717, 1.165) is 37.5 Å². The van der Waals surface area contributed by atoms with Crippen molar-refractivity contribution in [3.63, 3.8) is 0 Å². The first-order valence-corrected chi connectivity index (χ1v) is 8.66. The van der Waals surface area contributed by atoms with Gasteiger partial charge in [0, 0.05) is 32.4 Å². The Bertz CT molecular complexity index is 500. The highest BCUT2D eigenvalue weighted by atomic mass is 16.7. The van der Waals surface area contributed by atoms with E-state index in [1.807, 2.05) is 26.1 Å². The molecule has 2 aliphatic rings. The topological polar surface area (TPSA) is 46.6 Å². The highest BCUT2D eigenvalue weighted by Gasteiger charge is 2.51. The van der Waals surface area contributed by atoms with Crippen molar-refractivity contribution in [3.8, 4) is 0 Å². The third-order valence-electron chi connectivity index (χ3n) is 4.74. The molecule has 2 fully saturated rings. The summed E-state index contributed by atoms with van der Waals surface area (Å²) in [6, 6.07) is 4.07. The predicted molar refractivity (Wildman–Crippen MR) is 96.4 cm³/mol. The van der Waals surface area contributed by atoms with E-state index in [2.05, 4.69) is 49.0 Å². The molecule has 0 atom stereocenters. The second-order valence-electron chi connectivity index (χ2n) is 6.77. The standard InChI is InChI=1S/C15H24BN3O2.C2H6/c1-14(2)15(3,4)21-16(20-14)12-5-6-18-13(11-12)19-9-7-17-8-10-19;1-2/h5-6,11,17H,7-10H2,1-4H3;1-2H3. The van der Waals surface area contributed by atoms with Crippen LogP contribution in [-0.4, -0.2) is 49.5 Å². The molecule has 0 aromatic carbocycles. The second-order valence-corrected chi connectivity index (χ2v) is 6.77. The summed E-state index contributed by atoms with van der Waals surface area (Å²) in [6.07, 6.45) is 1.84. The zero-order chi connectivity index (χ0) is 17.1. The Kier molecular flexibility index (Phi) is 5.71. The first-order chi connectivity index (χ1) is 10.9. The molecule has 0 saturated carbocycles. The number of piperazine rings is 1. The highest BCUT2D eigenvalue weighted by Crippen LogP contribution is 2.36. The van der Waals surface area contributed by atoms with Crippen LogP contribution in [0.15, 0.2) is 18.3 Å². The molecule has 0 amide bonds. The van der Waals surface area contributed by atoms with Crippen LogP contribution in [0.4, 0.5) is 5.82 Å². The number of nitrogens with zero attached hydrogens (tertiary/aromatic N) is 2. The maximum Gasteiger partial charge on any atom is 0.495 e. The normalized spacial score (nSPS) is 22.5. The molecule has 0 unspecified atom stereocenters. The molecule has 0 bridgehead atoms. The van der Waals surface area contributed by atoms with Crippen LogP contribution in [0.3, 0.4) is 0 Å². The molecule has 0 spiro atoms. The van der Waals surface area contributed by atoms with Crippen LogP contribution in [0.5, 0.6) is 0 Å². The summed E-state index contributed by atoms with van der Waals surface area (Å²) in [4.78, 5) is 6.79. The van der Waals surface area contributed by atoms with Crippen LogP contribution in [0, 0.1) is 0 Å². The van der Waals surface area contributed by atoms with E-state index in [4.69, 9.17) is 9.31 Å². The van der Waals surface area contributed by atoms with Crippen LogP contribution in [0.1, 0.15) is 41.5 Å². The van der Waals surface area contributed by atoms with Gasteiger partial charge in [-0.15, -0.1) is 0 Å². The summed E-state index contributed by atoms with van der Waals surface area (Å²) >= 11 is 0. The summed E-state index contributed by atoms with van der Waals surface area (Å²) < 4.78 is 12.2. The average Bonchev–Trinajstić information content (AvgIpc) is 2.78. The molecule has 3 heterocycles. The number of aromatic nitrogens is 1. The molecule has 2 aliphatic heterocycles. The Morgan fingerprint density at radius 3 is 2.22 bits per heavy atom. The summed E-state index contributed by atoms with van der Waals surface area (Å²) in [5.74, 6) is 1.00. The van der Waals surface area contributed by atoms with E-state index in [0.29, 0.717) is 0 Å². The minimum atomic E-state index is -0.320. The minimum Gasteiger partial charge on any atom is -0.399 e. The van der Waals surface area contributed by atoms with Gasteiger partial charge in [0.05, 0.1) is 11.2 Å². The quantitative estimate of drug-likeness (QED) is 0.843. The lowest BCUT2D eigenvalue weighted by molar-refractivity contribution is 0.00578. The first kappa shape index (κ1) is 18.2. The molecule has 128 valence electrons. The fourth-order valence-electron chi connectivity index (χ4n) is 2.63. The first-order valence-electron chi connectivity index (χ1n) is 8.66. The molecule has 1 aromatic heterocycles. The van der Waals surface area contributed by atoms with E-state index in [9.17, 15) is 0 Å². The zero-order valence-corrected chi connectivity index (χ0v) is 15.3. The monoisotopic (exact) mass is 319 g/mol. The maximum atomic E-state index is 6.11. The van der Waals surface area contributed by atoms with E-state index in [1.54, 1.807) is 0 Å². The van der Waals surface area contributed by atoms with Crippen molar-refractivity contribution in [1.29, 1.82) is 0 Å². The van der Waals surface area contributed by atoms with Gasteiger partial charge < -0.3 is 19.5 Å². The fraction of sp³-hybridized carbons (Fsp3) is 0.706. The van der Waals surface area contributed by atoms with Gasteiger partial charge in [-0.3, -0.25) is 0 Å². The molecule has 23 heavy (non-hydrogen) atoms.